The van der Waals surface area contributed by atoms with Gasteiger partial charge in [-0.2, -0.15) is 0 Å². The fraction of sp³-hybridized carbons (Fsp3) is 0.174. The van der Waals surface area contributed by atoms with Gasteiger partial charge in [0, 0.05) is 41.5 Å². The molecule has 0 unspecified atom stereocenters. The number of nitrogens with one attached hydrogen (secondary N) is 1. The smallest absolute Gasteiger partial charge is 0.278 e. The van der Waals surface area contributed by atoms with Crippen LogP contribution in [-0.4, -0.2) is 32.4 Å². The van der Waals surface area contributed by atoms with Crippen molar-refractivity contribution in [3.63, 3.8) is 0 Å². The van der Waals surface area contributed by atoms with E-state index in [1.807, 2.05) is 35.6 Å². The van der Waals surface area contributed by atoms with E-state index in [4.69, 9.17) is 0 Å². The van der Waals surface area contributed by atoms with Crippen LogP contribution in [0.5, 0.6) is 0 Å². The van der Waals surface area contributed by atoms with Gasteiger partial charge in [0.15, 0.2) is 5.69 Å². The molecule has 0 saturated carbocycles. The Hall–Kier alpha value is -4.05. The minimum absolute atomic E-state index is 0.0579. The molecule has 5 rings (SSSR count). The van der Waals surface area contributed by atoms with E-state index in [2.05, 4.69) is 32.0 Å². The van der Waals surface area contributed by atoms with Crippen LogP contribution in [0.4, 0.5) is 17.1 Å². The molecule has 10 heteroatoms. The number of benzene rings is 2. The van der Waals surface area contributed by atoms with Crippen LogP contribution < -0.4 is 10.2 Å². The Morgan fingerprint density at radius 2 is 1.97 bits per heavy atom. The lowest BCUT2D eigenvalue weighted by atomic mass is 10.1. The molecule has 0 aliphatic carbocycles. The standard InChI is InChI=1S/C23H20N6O3S/c1-15-22(25-26-28(15)19-3-2-4-20(13-19)29(31)32)23(30)24-17-5-7-18(8-6-17)27-11-9-21-16(14-27)10-12-33-21/h2-8,10,12-13H,9,11,14H2,1H3,(H,24,30). The first-order chi connectivity index (χ1) is 16.0. The van der Waals surface area contributed by atoms with Gasteiger partial charge >= 0.3 is 0 Å². The number of carbonyl (C=O) groups is 1. The predicted octanol–water partition coefficient (Wildman–Crippen LogP) is 4.36. The second kappa shape index (κ2) is 8.47. The molecule has 0 bridgehead atoms. The van der Waals surface area contributed by atoms with Crippen molar-refractivity contribution >= 4 is 34.3 Å². The lowest BCUT2D eigenvalue weighted by molar-refractivity contribution is -0.384. The largest absolute Gasteiger partial charge is 0.367 e. The SMILES string of the molecule is Cc1c(C(=O)Nc2ccc(N3CCc4sccc4C3)cc2)nnn1-c1cccc([N+](=O)[O-])c1. The van der Waals surface area contributed by atoms with Gasteiger partial charge in [-0.15, -0.1) is 16.4 Å². The van der Waals surface area contributed by atoms with Crippen molar-refractivity contribution in [3.8, 4) is 5.69 Å². The van der Waals surface area contributed by atoms with Crippen LogP contribution in [0.25, 0.3) is 5.69 Å². The summed E-state index contributed by atoms with van der Waals surface area (Å²) in [6.45, 7) is 3.57. The van der Waals surface area contributed by atoms with Gasteiger partial charge in [0.05, 0.1) is 16.3 Å². The van der Waals surface area contributed by atoms with Crippen molar-refractivity contribution in [2.24, 2.45) is 0 Å². The van der Waals surface area contributed by atoms with Crippen molar-refractivity contribution in [3.05, 3.63) is 91.9 Å². The summed E-state index contributed by atoms with van der Waals surface area (Å²) in [6.07, 6.45) is 1.05. The number of non-ortho nitro benzene ring substituents is 1. The van der Waals surface area contributed by atoms with Crippen LogP contribution in [0, 0.1) is 17.0 Å². The molecule has 0 spiro atoms. The Balaban J connectivity index is 1.29. The second-order valence-corrected chi connectivity index (χ2v) is 8.75. The Labute approximate surface area is 193 Å². The van der Waals surface area contributed by atoms with Crippen LogP contribution in [0.15, 0.2) is 60.0 Å². The predicted molar refractivity (Wildman–Crippen MR) is 126 cm³/mol. The van der Waals surface area contributed by atoms with E-state index < -0.39 is 10.8 Å². The maximum Gasteiger partial charge on any atom is 0.278 e. The summed E-state index contributed by atoms with van der Waals surface area (Å²) in [5.41, 5.74) is 4.20. The van der Waals surface area contributed by atoms with Gasteiger partial charge in [-0.05, 0) is 60.7 Å². The molecule has 2 aromatic heterocycles. The number of anilines is 2. The van der Waals surface area contributed by atoms with Gasteiger partial charge in [-0.3, -0.25) is 14.9 Å². The van der Waals surface area contributed by atoms with E-state index >= 15 is 0 Å². The summed E-state index contributed by atoms with van der Waals surface area (Å²) >= 11 is 1.82. The highest BCUT2D eigenvalue weighted by molar-refractivity contribution is 7.10. The van der Waals surface area contributed by atoms with Gasteiger partial charge in [0.2, 0.25) is 0 Å². The minimum Gasteiger partial charge on any atom is -0.367 e. The fourth-order valence-electron chi connectivity index (χ4n) is 3.94. The molecule has 33 heavy (non-hydrogen) atoms. The maximum atomic E-state index is 12.8. The number of rotatable bonds is 5. The van der Waals surface area contributed by atoms with E-state index in [0.29, 0.717) is 17.1 Å². The summed E-state index contributed by atoms with van der Waals surface area (Å²) in [5, 5.41) is 24.1. The third-order valence-corrected chi connectivity index (χ3v) is 6.72. The second-order valence-electron chi connectivity index (χ2n) is 7.75. The minimum atomic E-state index is -0.476. The molecule has 1 aliphatic heterocycles. The number of nitrogens with zero attached hydrogens (tertiary/aromatic N) is 5. The summed E-state index contributed by atoms with van der Waals surface area (Å²) in [6, 6.07) is 16.0. The number of thiophene rings is 1. The summed E-state index contributed by atoms with van der Waals surface area (Å²) in [7, 11) is 0. The Morgan fingerprint density at radius 1 is 1.15 bits per heavy atom. The first kappa shape index (κ1) is 20.8. The zero-order valence-corrected chi connectivity index (χ0v) is 18.6. The highest BCUT2D eigenvalue weighted by atomic mass is 32.1. The van der Waals surface area contributed by atoms with Gasteiger partial charge in [-0.1, -0.05) is 11.3 Å². The molecule has 0 saturated heterocycles. The number of hydrogen-bond donors (Lipinski definition) is 1. The molecule has 1 aliphatic rings. The van der Waals surface area contributed by atoms with Gasteiger partial charge in [0.1, 0.15) is 0 Å². The Kier molecular flexibility index (Phi) is 5.35. The van der Waals surface area contributed by atoms with Crippen molar-refractivity contribution < 1.29 is 9.72 Å². The maximum absolute atomic E-state index is 12.8. The van der Waals surface area contributed by atoms with Gasteiger partial charge in [-0.25, -0.2) is 4.68 Å². The molecule has 3 heterocycles. The molecule has 1 amide bonds. The van der Waals surface area contributed by atoms with Crippen LogP contribution in [0.2, 0.25) is 0 Å². The zero-order chi connectivity index (χ0) is 22.9. The van der Waals surface area contributed by atoms with Crippen LogP contribution in [-0.2, 0) is 13.0 Å². The van der Waals surface area contributed by atoms with Crippen molar-refractivity contribution in [1.82, 2.24) is 15.0 Å². The highest BCUT2D eigenvalue weighted by Gasteiger charge is 2.20. The lowest BCUT2D eigenvalue weighted by Crippen LogP contribution is -2.29. The van der Waals surface area contributed by atoms with Crippen LogP contribution in [0.1, 0.15) is 26.6 Å². The molecule has 1 N–H and O–H groups in total. The number of fused-ring (bicyclic) bond motifs is 1. The highest BCUT2D eigenvalue weighted by Crippen LogP contribution is 2.28. The van der Waals surface area contributed by atoms with E-state index in [-0.39, 0.29) is 11.4 Å². The van der Waals surface area contributed by atoms with Gasteiger partial charge in [0.25, 0.3) is 11.6 Å². The van der Waals surface area contributed by atoms with Crippen molar-refractivity contribution in [2.75, 3.05) is 16.8 Å². The number of carbonyl (C=O) groups excluding carboxylic acids is 1. The molecule has 0 radical (unpaired) electrons. The topological polar surface area (TPSA) is 106 Å². The first-order valence-electron chi connectivity index (χ1n) is 10.4. The van der Waals surface area contributed by atoms with E-state index in [0.717, 1.165) is 25.2 Å². The zero-order valence-electron chi connectivity index (χ0n) is 17.8. The molecule has 0 atom stereocenters. The summed E-state index contributed by atoms with van der Waals surface area (Å²) in [4.78, 5) is 27.2. The summed E-state index contributed by atoms with van der Waals surface area (Å²) in [5.74, 6) is -0.391. The average Bonchev–Trinajstić information content (AvgIpc) is 3.45. The molecule has 166 valence electrons. The first-order valence-corrected chi connectivity index (χ1v) is 11.3. The fourth-order valence-corrected chi connectivity index (χ4v) is 4.83. The summed E-state index contributed by atoms with van der Waals surface area (Å²) < 4.78 is 1.42. The van der Waals surface area contributed by atoms with Crippen molar-refractivity contribution in [1.29, 1.82) is 0 Å². The van der Waals surface area contributed by atoms with Crippen molar-refractivity contribution in [2.45, 2.75) is 19.9 Å². The molecule has 0 fully saturated rings. The monoisotopic (exact) mass is 460 g/mol. The number of nitro groups is 1. The average molecular weight is 461 g/mol. The Bertz CT molecular complexity index is 1340. The van der Waals surface area contributed by atoms with Gasteiger partial charge < -0.3 is 10.2 Å². The van der Waals surface area contributed by atoms with Crippen LogP contribution in [0.3, 0.4) is 0 Å². The van der Waals surface area contributed by atoms with E-state index in [9.17, 15) is 14.9 Å². The number of aromatic nitrogens is 3. The molecular formula is C23H20N6O3S. The normalized spacial score (nSPS) is 12.9. The quantitative estimate of drug-likeness (QED) is 0.350. The van der Waals surface area contributed by atoms with E-state index in [1.54, 1.807) is 19.1 Å². The molecule has 4 aromatic rings. The Morgan fingerprint density at radius 3 is 2.76 bits per heavy atom. The van der Waals surface area contributed by atoms with Crippen LogP contribution >= 0.6 is 11.3 Å². The number of amides is 1. The third-order valence-electron chi connectivity index (χ3n) is 5.69. The molecular weight excluding hydrogens is 440 g/mol. The number of nitro benzene ring substituents is 1. The lowest BCUT2D eigenvalue weighted by Gasteiger charge is -2.29. The van der Waals surface area contributed by atoms with E-state index in [1.165, 1.54) is 27.3 Å². The molecule has 9 nitrogen and oxygen atoms in total. The molecule has 2 aromatic carbocycles. The number of hydrogen-bond acceptors (Lipinski definition) is 7. The third kappa shape index (κ3) is 4.08.